The first-order valence-electron chi connectivity index (χ1n) is 11.3. The minimum absolute atomic E-state index is 0.181. The molecule has 5 N–H and O–H groups in total. The molecule has 7 heteroatoms. The maximum atomic E-state index is 12.9. The lowest BCUT2D eigenvalue weighted by Crippen LogP contribution is -2.24. The van der Waals surface area contributed by atoms with Crippen LogP contribution >= 0.6 is 0 Å². The molecule has 4 rings (SSSR count). The lowest BCUT2D eigenvalue weighted by Gasteiger charge is -2.09. The highest BCUT2D eigenvalue weighted by atomic mass is 16.1. The Hall–Kier alpha value is -4.36. The van der Waals surface area contributed by atoms with Gasteiger partial charge in [0.05, 0.1) is 11.2 Å². The second-order valence-corrected chi connectivity index (χ2v) is 8.18. The second kappa shape index (κ2) is 10.7. The van der Waals surface area contributed by atoms with E-state index >= 15 is 0 Å². The number of hydrogen-bond donors (Lipinski definition) is 3. The molecule has 0 atom stereocenters. The van der Waals surface area contributed by atoms with Crippen molar-refractivity contribution in [3.63, 3.8) is 0 Å². The number of aliphatic imine (C=N–C) groups is 1. The molecule has 0 saturated carbocycles. The van der Waals surface area contributed by atoms with E-state index in [9.17, 15) is 4.79 Å². The molecule has 176 valence electrons. The molecular formula is C28H28N6O. The number of pyridine rings is 2. The normalized spacial score (nSPS) is 12.2. The molecule has 0 aliphatic rings. The second-order valence-electron chi connectivity index (χ2n) is 8.18. The number of allylic oxidation sites excluding steroid dienone is 2. The number of nitrogen functional groups attached to an aromatic ring is 1. The highest BCUT2D eigenvalue weighted by Gasteiger charge is 2.09. The Morgan fingerprint density at radius 2 is 1.89 bits per heavy atom. The van der Waals surface area contributed by atoms with Crippen molar-refractivity contribution in [3.05, 3.63) is 101 Å². The van der Waals surface area contributed by atoms with Crippen LogP contribution < -0.4 is 16.8 Å². The van der Waals surface area contributed by atoms with Crippen LogP contribution in [0.1, 0.15) is 23.7 Å². The summed E-state index contributed by atoms with van der Waals surface area (Å²) in [6, 6.07) is 17.8. The number of anilines is 1. The summed E-state index contributed by atoms with van der Waals surface area (Å²) in [4.78, 5) is 25.7. The Morgan fingerprint density at radius 1 is 1.09 bits per heavy atom. The zero-order valence-electron chi connectivity index (χ0n) is 19.7. The molecule has 0 radical (unpaired) electrons. The first kappa shape index (κ1) is 23.8. The minimum Gasteiger partial charge on any atom is -0.383 e. The summed E-state index contributed by atoms with van der Waals surface area (Å²) in [5.41, 5.74) is 16.6. The van der Waals surface area contributed by atoms with Crippen LogP contribution in [-0.4, -0.2) is 22.6 Å². The van der Waals surface area contributed by atoms with Crippen molar-refractivity contribution in [1.29, 1.82) is 0 Å². The summed E-state index contributed by atoms with van der Waals surface area (Å²) in [5.74, 6) is 0.312. The molecule has 2 aromatic heterocycles. The maximum absolute atomic E-state index is 12.9. The lowest BCUT2D eigenvalue weighted by atomic mass is 10.0. The van der Waals surface area contributed by atoms with E-state index in [-0.39, 0.29) is 5.91 Å². The Balaban J connectivity index is 1.45. The van der Waals surface area contributed by atoms with E-state index in [2.05, 4.69) is 33.1 Å². The van der Waals surface area contributed by atoms with Crippen molar-refractivity contribution >= 4 is 40.1 Å². The monoisotopic (exact) mass is 464 g/mol. The zero-order chi connectivity index (χ0) is 24.8. The predicted molar refractivity (Wildman–Crippen MR) is 143 cm³/mol. The number of aromatic nitrogens is 2. The van der Waals surface area contributed by atoms with Crippen LogP contribution in [0, 0.1) is 0 Å². The molecular weight excluding hydrogens is 436 g/mol. The van der Waals surface area contributed by atoms with Crippen LogP contribution in [0.5, 0.6) is 0 Å². The number of amides is 1. The van der Waals surface area contributed by atoms with Crippen LogP contribution in [0.4, 0.5) is 5.82 Å². The largest absolute Gasteiger partial charge is 0.383 e. The van der Waals surface area contributed by atoms with Gasteiger partial charge in [-0.3, -0.25) is 14.8 Å². The Morgan fingerprint density at radius 3 is 2.66 bits per heavy atom. The van der Waals surface area contributed by atoms with E-state index in [0.29, 0.717) is 36.6 Å². The van der Waals surface area contributed by atoms with Crippen LogP contribution in [0.15, 0.2) is 89.2 Å². The number of nitrogens with one attached hydrogen (secondary N) is 1. The van der Waals surface area contributed by atoms with Crippen molar-refractivity contribution < 1.29 is 4.79 Å². The van der Waals surface area contributed by atoms with Gasteiger partial charge < -0.3 is 16.8 Å². The third-order valence-corrected chi connectivity index (χ3v) is 5.82. The van der Waals surface area contributed by atoms with Gasteiger partial charge in [0.15, 0.2) is 0 Å². The molecule has 0 bridgehead atoms. The van der Waals surface area contributed by atoms with Crippen LogP contribution in [0.25, 0.3) is 21.7 Å². The number of nitrogens with zero attached hydrogens (tertiary/aromatic N) is 3. The average Bonchev–Trinajstić information content (AvgIpc) is 2.89. The predicted octanol–water partition coefficient (Wildman–Crippen LogP) is 4.21. The number of benzene rings is 2. The molecule has 2 aromatic carbocycles. The van der Waals surface area contributed by atoms with E-state index in [1.54, 1.807) is 18.3 Å². The van der Waals surface area contributed by atoms with Crippen molar-refractivity contribution in [2.75, 3.05) is 5.73 Å². The van der Waals surface area contributed by atoms with E-state index in [1.807, 2.05) is 55.5 Å². The molecule has 1 amide bonds. The topological polar surface area (TPSA) is 119 Å². The number of hydrogen-bond acceptors (Lipinski definition) is 6. The fourth-order valence-electron chi connectivity index (χ4n) is 3.91. The van der Waals surface area contributed by atoms with Gasteiger partial charge in [0, 0.05) is 47.7 Å². The number of carbonyl (C=O) groups is 1. The highest BCUT2D eigenvalue weighted by molar-refractivity contribution is 5.96. The van der Waals surface area contributed by atoms with E-state index in [1.165, 1.54) is 0 Å². The SMILES string of the molecule is C=N/C(=C\C(=C/C)C(=O)NCc1ccc2c(N)nccc2c1)Cc1ccc2nc(CN)ccc2c1. The van der Waals surface area contributed by atoms with Crippen LogP contribution in [0.3, 0.4) is 0 Å². The molecule has 0 spiro atoms. The maximum Gasteiger partial charge on any atom is 0.251 e. The zero-order valence-corrected chi connectivity index (χ0v) is 19.7. The fraction of sp³-hybridized carbons (Fsp3) is 0.143. The number of carbonyl (C=O) groups excluding carboxylic acids is 1. The molecule has 0 fully saturated rings. The van der Waals surface area contributed by atoms with Gasteiger partial charge >= 0.3 is 0 Å². The third kappa shape index (κ3) is 5.59. The van der Waals surface area contributed by atoms with Gasteiger partial charge in [-0.25, -0.2) is 4.98 Å². The summed E-state index contributed by atoms with van der Waals surface area (Å²) in [7, 11) is 0. The first-order chi connectivity index (χ1) is 17.0. The Labute approximate surface area is 204 Å². The molecule has 2 heterocycles. The minimum atomic E-state index is -0.181. The molecule has 4 aromatic rings. The first-order valence-corrected chi connectivity index (χ1v) is 11.3. The van der Waals surface area contributed by atoms with Crippen molar-refractivity contribution in [1.82, 2.24) is 15.3 Å². The third-order valence-electron chi connectivity index (χ3n) is 5.82. The average molecular weight is 465 g/mol. The van der Waals surface area contributed by atoms with E-state index in [0.717, 1.165) is 38.5 Å². The highest BCUT2D eigenvalue weighted by Crippen LogP contribution is 2.21. The van der Waals surface area contributed by atoms with Gasteiger partial charge in [0.25, 0.3) is 5.91 Å². The summed E-state index contributed by atoms with van der Waals surface area (Å²) < 4.78 is 0. The number of nitrogens with two attached hydrogens (primary N) is 2. The molecule has 0 saturated heterocycles. The number of fused-ring (bicyclic) bond motifs is 2. The van der Waals surface area contributed by atoms with Crippen molar-refractivity contribution in [3.8, 4) is 0 Å². The molecule has 0 unspecified atom stereocenters. The quantitative estimate of drug-likeness (QED) is 0.205. The van der Waals surface area contributed by atoms with Crippen LogP contribution in [0.2, 0.25) is 0 Å². The lowest BCUT2D eigenvalue weighted by molar-refractivity contribution is -0.117. The van der Waals surface area contributed by atoms with Crippen molar-refractivity contribution in [2.45, 2.75) is 26.4 Å². The van der Waals surface area contributed by atoms with Gasteiger partial charge in [-0.2, -0.15) is 0 Å². The molecule has 7 nitrogen and oxygen atoms in total. The number of rotatable bonds is 8. The molecule has 35 heavy (non-hydrogen) atoms. The van der Waals surface area contributed by atoms with E-state index in [4.69, 9.17) is 11.5 Å². The van der Waals surface area contributed by atoms with Gasteiger partial charge in [0.2, 0.25) is 0 Å². The van der Waals surface area contributed by atoms with E-state index < -0.39 is 0 Å². The summed E-state index contributed by atoms with van der Waals surface area (Å²) in [5, 5.41) is 5.88. The fourth-order valence-corrected chi connectivity index (χ4v) is 3.91. The summed E-state index contributed by atoms with van der Waals surface area (Å²) in [6.07, 6.45) is 5.76. The smallest absolute Gasteiger partial charge is 0.251 e. The molecule has 0 aliphatic carbocycles. The van der Waals surface area contributed by atoms with Gasteiger partial charge in [-0.05, 0) is 66.6 Å². The Bertz CT molecular complexity index is 1470. The summed E-state index contributed by atoms with van der Waals surface area (Å²) in [6.45, 7) is 6.33. The standard InChI is InChI=1S/C28H28N6O/c1-3-20(28(35)33-17-19-4-8-25-21(13-19)10-11-32-27(25)30)15-24(31-2)14-18-5-9-26-22(12-18)6-7-23(16-29)34-26/h3-13,15H,2,14,16-17,29H2,1H3,(H2,30,32)(H,33,35)/b20-3+,24-15-. The molecule has 0 aliphatic heterocycles. The van der Waals surface area contributed by atoms with Crippen LogP contribution in [-0.2, 0) is 24.3 Å². The Kier molecular flexibility index (Phi) is 7.28. The summed E-state index contributed by atoms with van der Waals surface area (Å²) >= 11 is 0. The van der Waals surface area contributed by atoms with Gasteiger partial charge in [-0.15, -0.1) is 0 Å². The van der Waals surface area contributed by atoms with Gasteiger partial charge in [0.1, 0.15) is 5.82 Å². The van der Waals surface area contributed by atoms with Crippen molar-refractivity contribution in [2.24, 2.45) is 10.7 Å². The van der Waals surface area contributed by atoms with Gasteiger partial charge in [-0.1, -0.05) is 30.3 Å².